The van der Waals surface area contributed by atoms with Crippen LogP contribution >= 0.6 is 0 Å². The monoisotopic (exact) mass is 197 g/mol. The molecule has 4 heteroatoms. The van der Waals surface area contributed by atoms with Gasteiger partial charge in [-0.2, -0.15) is 0 Å². The first-order valence-corrected chi connectivity index (χ1v) is 4.70. The standard InChI is InChI=1S/C10H15NO3/c1-4-8(5-12)11-9(13)6(2)7(3)10(11)14/h8,12H,4-5H2,1-3H3/t8-/m1/s1. The smallest absolute Gasteiger partial charge is 0.257 e. The molecule has 4 nitrogen and oxygen atoms in total. The molecular weight excluding hydrogens is 182 g/mol. The van der Waals surface area contributed by atoms with Gasteiger partial charge in [-0.15, -0.1) is 0 Å². The molecule has 1 aliphatic heterocycles. The van der Waals surface area contributed by atoms with Crippen LogP contribution in [0.4, 0.5) is 0 Å². The second-order valence-electron chi connectivity index (χ2n) is 3.47. The summed E-state index contributed by atoms with van der Waals surface area (Å²) in [7, 11) is 0. The van der Waals surface area contributed by atoms with E-state index in [0.717, 1.165) is 4.90 Å². The number of carbonyl (C=O) groups excluding carboxylic acids is 2. The Balaban J connectivity index is 2.96. The van der Waals surface area contributed by atoms with Gasteiger partial charge < -0.3 is 5.11 Å². The topological polar surface area (TPSA) is 57.6 Å². The Morgan fingerprint density at radius 3 is 1.93 bits per heavy atom. The normalized spacial score (nSPS) is 19.6. The second kappa shape index (κ2) is 3.92. The predicted octanol–water partition coefficient (Wildman–Crippen LogP) is 0.462. The minimum absolute atomic E-state index is 0.172. The Morgan fingerprint density at radius 2 is 1.64 bits per heavy atom. The van der Waals surface area contributed by atoms with Crippen LogP contribution in [0, 0.1) is 0 Å². The maximum atomic E-state index is 11.6. The van der Waals surface area contributed by atoms with E-state index in [0.29, 0.717) is 17.6 Å². The summed E-state index contributed by atoms with van der Waals surface area (Å²) >= 11 is 0. The van der Waals surface area contributed by atoms with Crippen LogP contribution < -0.4 is 0 Å². The molecule has 0 radical (unpaired) electrons. The lowest BCUT2D eigenvalue weighted by molar-refractivity contribution is -0.141. The highest BCUT2D eigenvalue weighted by Gasteiger charge is 2.37. The maximum Gasteiger partial charge on any atom is 0.257 e. The van der Waals surface area contributed by atoms with Gasteiger partial charge in [0.2, 0.25) is 0 Å². The van der Waals surface area contributed by atoms with Crippen LogP contribution in [0.2, 0.25) is 0 Å². The molecule has 0 unspecified atom stereocenters. The van der Waals surface area contributed by atoms with E-state index in [4.69, 9.17) is 5.11 Å². The number of aliphatic hydroxyl groups excluding tert-OH is 1. The van der Waals surface area contributed by atoms with E-state index >= 15 is 0 Å². The largest absolute Gasteiger partial charge is 0.394 e. The van der Waals surface area contributed by atoms with Gasteiger partial charge >= 0.3 is 0 Å². The van der Waals surface area contributed by atoms with E-state index in [-0.39, 0.29) is 24.5 Å². The number of aliphatic hydroxyl groups is 1. The van der Waals surface area contributed by atoms with Crippen molar-refractivity contribution < 1.29 is 14.7 Å². The molecule has 1 atom stereocenters. The molecule has 0 aromatic rings. The molecule has 1 heterocycles. The fourth-order valence-electron chi connectivity index (χ4n) is 1.50. The van der Waals surface area contributed by atoms with Crippen molar-refractivity contribution in [3.8, 4) is 0 Å². The third-order valence-corrected chi connectivity index (χ3v) is 2.69. The van der Waals surface area contributed by atoms with E-state index in [1.165, 1.54) is 0 Å². The number of nitrogens with zero attached hydrogens (tertiary/aromatic N) is 1. The molecule has 78 valence electrons. The van der Waals surface area contributed by atoms with Crippen LogP contribution in [0.1, 0.15) is 27.2 Å². The lowest BCUT2D eigenvalue weighted by atomic mass is 10.2. The van der Waals surface area contributed by atoms with Gasteiger partial charge in [-0.3, -0.25) is 14.5 Å². The van der Waals surface area contributed by atoms with Gasteiger partial charge in [0.05, 0.1) is 12.6 Å². The Morgan fingerprint density at radius 1 is 1.21 bits per heavy atom. The van der Waals surface area contributed by atoms with E-state index in [1.54, 1.807) is 13.8 Å². The van der Waals surface area contributed by atoms with Crippen LogP contribution in [0.3, 0.4) is 0 Å². The van der Waals surface area contributed by atoms with Crippen LogP contribution in [0.25, 0.3) is 0 Å². The van der Waals surface area contributed by atoms with Gasteiger partial charge in [-0.25, -0.2) is 0 Å². The number of hydrogen-bond acceptors (Lipinski definition) is 3. The SMILES string of the molecule is CC[C@H](CO)N1C(=O)C(C)=C(C)C1=O. The van der Waals surface area contributed by atoms with Crippen molar-refractivity contribution in [2.24, 2.45) is 0 Å². The first-order valence-electron chi connectivity index (χ1n) is 4.70. The average molecular weight is 197 g/mol. The highest BCUT2D eigenvalue weighted by Crippen LogP contribution is 2.22. The molecule has 14 heavy (non-hydrogen) atoms. The van der Waals surface area contributed by atoms with E-state index in [2.05, 4.69) is 0 Å². The zero-order chi connectivity index (χ0) is 10.9. The summed E-state index contributed by atoms with van der Waals surface area (Å²) in [6, 6.07) is -0.387. The molecule has 0 aliphatic carbocycles. The van der Waals surface area contributed by atoms with Gasteiger partial charge in [0, 0.05) is 11.1 Å². The zero-order valence-electron chi connectivity index (χ0n) is 8.70. The van der Waals surface area contributed by atoms with Crippen molar-refractivity contribution in [1.82, 2.24) is 4.90 Å². The fraction of sp³-hybridized carbons (Fsp3) is 0.600. The summed E-state index contributed by atoms with van der Waals surface area (Å²) in [5, 5.41) is 9.03. The van der Waals surface area contributed by atoms with Gasteiger partial charge in [0.1, 0.15) is 0 Å². The first kappa shape index (κ1) is 10.9. The minimum Gasteiger partial charge on any atom is -0.394 e. The van der Waals surface area contributed by atoms with Gasteiger partial charge in [0.15, 0.2) is 0 Å². The summed E-state index contributed by atoms with van der Waals surface area (Å²) in [5.41, 5.74) is 0.976. The van der Waals surface area contributed by atoms with Gasteiger partial charge in [0.25, 0.3) is 11.8 Å². The first-order chi connectivity index (χ1) is 6.54. The van der Waals surface area contributed by atoms with Crippen LogP contribution in [-0.4, -0.2) is 34.5 Å². The van der Waals surface area contributed by atoms with Gasteiger partial charge in [-0.05, 0) is 20.3 Å². The van der Waals surface area contributed by atoms with Crippen molar-refractivity contribution in [3.05, 3.63) is 11.1 Å². The third-order valence-electron chi connectivity index (χ3n) is 2.69. The van der Waals surface area contributed by atoms with E-state index in [9.17, 15) is 9.59 Å². The second-order valence-corrected chi connectivity index (χ2v) is 3.47. The molecule has 0 saturated heterocycles. The molecular formula is C10H15NO3. The summed E-state index contributed by atoms with van der Waals surface area (Å²) in [5.74, 6) is -0.540. The van der Waals surface area contributed by atoms with Crippen molar-refractivity contribution in [2.45, 2.75) is 33.2 Å². The third kappa shape index (κ3) is 1.46. The lowest BCUT2D eigenvalue weighted by Crippen LogP contribution is -2.42. The minimum atomic E-state index is -0.387. The Labute approximate surface area is 83.2 Å². The van der Waals surface area contributed by atoms with Crippen molar-refractivity contribution in [3.63, 3.8) is 0 Å². The Hall–Kier alpha value is -1.16. The van der Waals surface area contributed by atoms with Crippen molar-refractivity contribution in [1.29, 1.82) is 0 Å². The zero-order valence-corrected chi connectivity index (χ0v) is 8.70. The van der Waals surface area contributed by atoms with Crippen LogP contribution in [0.15, 0.2) is 11.1 Å². The number of carbonyl (C=O) groups is 2. The summed E-state index contributed by atoms with van der Waals surface area (Å²) in [6.07, 6.45) is 0.578. The van der Waals surface area contributed by atoms with E-state index < -0.39 is 0 Å². The van der Waals surface area contributed by atoms with Crippen LogP contribution in [0.5, 0.6) is 0 Å². The predicted molar refractivity (Wildman–Crippen MR) is 51.4 cm³/mol. The quantitative estimate of drug-likeness (QED) is 0.669. The average Bonchev–Trinajstić information content (AvgIpc) is 2.37. The highest BCUT2D eigenvalue weighted by molar-refractivity contribution is 6.18. The number of amides is 2. The lowest BCUT2D eigenvalue weighted by Gasteiger charge is -2.23. The number of imide groups is 1. The van der Waals surface area contributed by atoms with Gasteiger partial charge in [-0.1, -0.05) is 6.92 Å². The van der Waals surface area contributed by atoms with E-state index in [1.807, 2.05) is 6.92 Å². The molecule has 1 N–H and O–H groups in total. The summed E-state index contributed by atoms with van der Waals surface area (Å²) < 4.78 is 0. The molecule has 2 amide bonds. The fourth-order valence-corrected chi connectivity index (χ4v) is 1.50. The van der Waals surface area contributed by atoms with Crippen LogP contribution in [-0.2, 0) is 9.59 Å². The molecule has 0 spiro atoms. The molecule has 1 aliphatic rings. The molecule has 1 rings (SSSR count). The van der Waals surface area contributed by atoms with Crippen molar-refractivity contribution >= 4 is 11.8 Å². The molecule has 0 aromatic heterocycles. The number of hydrogen-bond donors (Lipinski definition) is 1. The maximum absolute atomic E-state index is 11.6. The van der Waals surface area contributed by atoms with Crippen molar-refractivity contribution in [2.75, 3.05) is 6.61 Å². The molecule has 0 aromatic carbocycles. The Kier molecular flexibility index (Phi) is 3.06. The molecule has 0 saturated carbocycles. The molecule has 0 fully saturated rings. The molecule has 0 bridgehead atoms. The highest BCUT2D eigenvalue weighted by atomic mass is 16.3. The number of rotatable bonds is 3. The summed E-state index contributed by atoms with van der Waals surface area (Å²) in [6.45, 7) is 4.94. The Bertz CT molecular complexity index is 278. The summed E-state index contributed by atoms with van der Waals surface area (Å²) in [4.78, 5) is 24.4.